The maximum absolute atomic E-state index is 11.9. The molecule has 0 saturated heterocycles. The van der Waals surface area contributed by atoms with Gasteiger partial charge in [-0.1, -0.05) is 19.3 Å². The van der Waals surface area contributed by atoms with Crippen LogP contribution in [0.2, 0.25) is 0 Å². The molecule has 0 amide bonds. The van der Waals surface area contributed by atoms with Gasteiger partial charge in [0.15, 0.2) is 0 Å². The van der Waals surface area contributed by atoms with E-state index in [4.69, 9.17) is 5.73 Å². The second-order valence-electron chi connectivity index (χ2n) is 6.44. The van der Waals surface area contributed by atoms with E-state index in [1.165, 1.54) is 6.42 Å². The standard InChI is InChI=1S/C12H27N3O2S/c1-11(2,3)15-18(16,17)14-10-12(9-13)7-5-4-6-8-12/h14-15H,4-10,13H2,1-3H3. The van der Waals surface area contributed by atoms with Crippen LogP contribution in [0, 0.1) is 5.41 Å². The Morgan fingerprint density at radius 2 is 1.72 bits per heavy atom. The van der Waals surface area contributed by atoms with Crippen molar-refractivity contribution in [2.24, 2.45) is 11.1 Å². The molecule has 108 valence electrons. The molecule has 0 aromatic carbocycles. The molecule has 1 fully saturated rings. The van der Waals surface area contributed by atoms with E-state index in [1.54, 1.807) is 0 Å². The third-order valence-corrected chi connectivity index (χ3v) is 4.83. The Labute approximate surface area is 111 Å². The highest BCUT2D eigenvalue weighted by Crippen LogP contribution is 2.34. The van der Waals surface area contributed by atoms with Crippen LogP contribution >= 0.6 is 0 Å². The first kappa shape index (κ1) is 15.9. The molecule has 0 aliphatic heterocycles. The Kier molecular flexibility index (Phi) is 5.17. The van der Waals surface area contributed by atoms with Crippen LogP contribution in [0.5, 0.6) is 0 Å². The van der Waals surface area contributed by atoms with E-state index in [-0.39, 0.29) is 5.41 Å². The summed E-state index contributed by atoms with van der Waals surface area (Å²) in [6.07, 6.45) is 5.55. The van der Waals surface area contributed by atoms with Gasteiger partial charge in [0.25, 0.3) is 10.2 Å². The predicted molar refractivity (Wildman–Crippen MR) is 74.4 cm³/mol. The molecular formula is C12H27N3O2S. The molecule has 0 atom stereocenters. The zero-order valence-electron chi connectivity index (χ0n) is 11.8. The van der Waals surface area contributed by atoms with Gasteiger partial charge in [-0.3, -0.25) is 0 Å². The lowest BCUT2D eigenvalue weighted by Crippen LogP contribution is -2.51. The number of nitrogens with two attached hydrogens (primary N) is 1. The monoisotopic (exact) mass is 277 g/mol. The highest BCUT2D eigenvalue weighted by molar-refractivity contribution is 7.87. The Morgan fingerprint density at radius 3 is 2.17 bits per heavy atom. The zero-order chi connectivity index (χ0) is 13.9. The summed E-state index contributed by atoms with van der Waals surface area (Å²) in [5.74, 6) is 0. The minimum atomic E-state index is -3.44. The van der Waals surface area contributed by atoms with Crippen LogP contribution in [0.4, 0.5) is 0 Å². The van der Waals surface area contributed by atoms with E-state index in [2.05, 4.69) is 9.44 Å². The van der Waals surface area contributed by atoms with Crippen molar-refractivity contribution in [3.05, 3.63) is 0 Å². The fraction of sp³-hybridized carbons (Fsp3) is 1.00. The number of hydrogen-bond acceptors (Lipinski definition) is 3. The van der Waals surface area contributed by atoms with Gasteiger partial charge >= 0.3 is 0 Å². The molecule has 0 radical (unpaired) electrons. The van der Waals surface area contributed by atoms with E-state index >= 15 is 0 Å². The minimum Gasteiger partial charge on any atom is -0.330 e. The average Bonchev–Trinajstić information content (AvgIpc) is 2.25. The van der Waals surface area contributed by atoms with E-state index < -0.39 is 15.7 Å². The van der Waals surface area contributed by atoms with Crippen LogP contribution in [-0.4, -0.2) is 27.0 Å². The van der Waals surface area contributed by atoms with E-state index in [0.717, 1.165) is 25.7 Å². The summed E-state index contributed by atoms with van der Waals surface area (Å²) >= 11 is 0. The molecule has 1 saturated carbocycles. The molecule has 4 N–H and O–H groups in total. The highest BCUT2D eigenvalue weighted by Gasteiger charge is 2.32. The van der Waals surface area contributed by atoms with E-state index in [9.17, 15) is 8.42 Å². The minimum absolute atomic E-state index is 0.0507. The van der Waals surface area contributed by atoms with Gasteiger partial charge in [-0.2, -0.15) is 13.1 Å². The third-order valence-electron chi connectivity index (χ3n) is 3.42. The number of nitrogens with one attached hydrogen (secondary N) is 2. The zero-order valence-corrected chi connectivity index (χ0v) is 12.6. The fourth-order valence-corrected chi connectivity index (χ4v) is 3.82. The molecule has 0 spiro atoms. The van der Waals surface area contributed by atoms with Gasteiger partial charge in [-0.05, 0) is 45.6 Å². The summed E-state index contributed by atoms with van der Waals surface area (Å²) < 4.78 is 29.0. The van der Waals surface area contributed by atoms with Crippen LogP contribution in [0.25, 0.3) is 0 Å². The quantitative estimate of drug-likeness (QED) is 0.704. The maximum atomic E-state index is 11.9. The van der Waals surface area contributed by atoms with Crippen LogP contribution in [0.15, 0.2) is 0 Å². The van der Waals surface area contributed by atoms with Crippen molar-refractivity contribution in [1.82, 2.24) is 9.44 Å². The Morgan fingerprint density at radius 1 is 1.17 bits per heavy atom. The van der Waals surface area contributed by atoms with Gasteiger partial charge in [0, 0.05) is 12.1 Å². The van der Waals surface area contributed by atoms with Crippen molar-refractivity contribution in [3.8, 4) is 0 Å². The molecule has 0 aromatic heterocycles. The molecule has 1 aliphatic carbocycles. The van der Waals surface area contributed by atoms with Crippen molar-refractivity contribution >= 4 is 10.2 Å². The third kappa shape index (κ3) is 5.22. The van der Waals surface area contributed by atoms with E-state index in [0.29, 0.717) is 13.1 Å². The molecule has 0 heterocycles. The van der Waals surface area contributed by atoms with E-state index in [1.807, 2.05) is 20.8 Å². The lowest BCUT2D eigenvalue weighted by molar-refractivity contribution is 0.201. The predicted octanol–water partition coefficient (Wildman–Crippen LogP) is 1.12. The highest BCUT2D eigenvalue weighted by atomic mass is 32.2. The summed E-state index contributed by atoms with van der Waals surface area (Å²) in [5, 5.41) is 0. The maximum Gasteiger partial charge on any atom is 0.277 e. The molecule has 0 bridgehead atoms. The summed E-state index contributed by atoms with van der Waals surface area (Å²) in [5.41, 5.74) is 5.32. The molecule has 0 unspecified atom stereocenters. The second-order valence-corrected chi connectivity index (χ2v) is 7.94. The first-order valence-electron chi connectivity index (χ1n) is 6.67. The normalized spacial score (nSPS) is 20.9. The largest absolute Gasteiger partial charge is 0.330 e. The fourth-order valence-electron chi connectivity index (χ4n) is 2.44. The topological polar surface area (TPSA) is 84.2 Å². The van der Waals surface area contributed by atoms with Gasteiger partial charge in [-0.25, -0.2) is 4.72 Å². The molecule has 1 rings (SSSR count). The van der Waals surface area contributed by atoms with Crippen LogP contribution in [-0.2, 0) is 10.2 Å². The first-order valence-corrected chi connectivity index (χ1v) is 8.15. The van der Waals surface area contributed by atoms with Gasteiger partial charge < -0.3 is 5.73 Å². The molecule has 5 nitrogen and oxygen atoms in total. The molecular weight excluding hydrogens is 250 g/mol. The SMILES string of the molecule is CC(C)(C)NS(=O)(=O)NCC1(CN)CCCCC1. The lowest BCUT2D eigenvalue weighted by Gasteiger charge is -2.36. The van der Waals surface area contributed by atoms with Crippen LogP contribution in [0.1, 0.15) is 52.9 Å². The van der Waals surface area contributed by atoms with Crippen LogP contribution < -0.4 is 15.2 Å². The van der Waals surface area contributed by atoms with Crippen molar-refractivity contribution in [1.29, 1.82) is 0 Å². The Bertz CT molecular complexity index is 354. The molecule has 18 heavy (non-hydrogen) atoms. The summed E-state index contributed by atoms with van der Waals surface area (Å²) in [7, 11) is -3.44. The number of rotatable bonds is 5. The molecule has 6 heteroatoms. The van der Waals surface area contributed by atoms with Crippen molar-refractivity contribution in [2.75, 3.05) is 13.1 Å². The summed E-state index contributed by atoms with van der Waals surface area (Å²) in [6, 6.07) is 0. The van der Waals surface area contributed by atoms with Gasteiger partial charge in [0.05, 0.1) is 0 Å². The molecule has 0 aromatic rings. The van der Waals surface area contributed by atoms with Crippen molar-refractivity contribution in [3.63, 3.8) is 0 Å². The van der Waals surface area contributed by atoms with Gasteiger partial charge in [0.2, 0.25) is 0 Å². The summed E-state index contributed by atoms with van der Waals surface area (Å²) in [4.78, 5) is 0. The second kappa shape index (κ2) is 5.86. The summed E-state index contributed by atoms with van der Waals surface area (Å²) in [6.45, 7) is 6.46. The average molecular weight is 277 g/mol. The van der Waals surface area contributed by atoms with Crippen LogP contribution in [0.3, 0.4) is 0 Å². The smallest absolute Gasteiger partial charge is 0.277 e. The Balaban J connectivity index is 2.57. The Hall–Kier alpha value is -0.170. The molecule has 1 aliphatic rings. The lowest BCUT2D eigenvalue weighted by atomic mass is 9.74. The van der Waals surface area contributed by atoms with Gasteiger partial charge in [-0.15, -0.1) is 0 Å². The van der Waals surface area contributed by atoms with Crippen molar-refractivity contribution in [2.45, 2.75) is 58.4 Å². The first-order chi connectivity index (χ1) is 8.18. The number of hydrogen-bond donors (Lipinski definition) is 3. The van der Waals surface area contributed by atoms with Crippen molar-refractivity contribution < 1.29 is 8.42 Å². The van der Waals surface area contributed by atoms with Gasteiger partial charge in [0.1, 0.15) is 0 Å².